The van der Waals surface area contributed by atoms with E-state index < -0.39 is 0 Å². The van der Waals surface area contributed by atoms with Crippen LogP contribution in [0.15, 0.2) is 12.2 Å². The number of allylic oxidation sites excluding steroid dienone is 2. The SMILES string of the molecule is CCC(=O)CCC(=O)CCC(=O)CCCCCCC=CCC(=O)CCC(C)=O. The van der Waals surface area contributed by atoms with Crippen LogP contribution in [0.4, 0.5) is 0 Å². The van der Waals surface area contributed by atoms with Crippen LogP contribution < -0.4 is 0 Å². The van der Waals surface area contributed by atoms with Crippen LogP contribution in [-0.4, -0.2) is 28.9 Å². The van der Waals surface area contributed by atoms with E-state index in [-0.39, 0.29) is 41.8 Å². The van der Waals surface area contributed by atoms with Gasteiger partial charge in [-0.2, -0.15) is 0 Å². The van der Waals surface area contributed by atoms with Gasteiger partial charge in [-0.1, -0.05) is 31.9 Å². The third-order valence-electron chi connectivity index (χ3n) is 4.60. The third-order valence-corrected chi connectivity index (χ3v) is 4.60. The summed E-state index contributed by atoms with van der Waals surface area (Å²) < 4.78 is 0. The van der Waals surface area contributed by atoms with Crippen molar-refractivity contribution in [3.63, 3.8) is 0 Å². The van der Waals surface area contributed by atoms with E-state index in [9.17, 15) is 24.0 Å². The summed E-state index contributed by atoms with van der Waals surface area (Å²) in [5.74, 6) is 0.362. The van der Waals surface area contributed by atoms with Crippen molar-refractivity contribution in [2.75, 3.05) is 0 Å². The maximum atomic E-state index is 11.8. The minimum absolute atomic E-state index is 0.00159. The molecule has 5 heteroatoms. The Labute approximate surface area is 169 Å². The molecule has 0 saturated heterocycles. The van der Waals surface area contributed by atoms with Gasteiger partial charge in [0.25, 0.3) is 0 Å². The van der Waals surface area contributed by atoms with E-state index in [0.29, 0.717) is 44.9 Å². The average Bonchev–Trinajstić information content (AvgIpc) is 2.67. The number of carbonyl (C=O) groups excluding carboxylic acids is 5. The fourth-order valence-electron chi connectivity index (χ4n) is 2.67. The Morgan fingerprint density at radius 2 is 1.11 bits per heavy atom. The van der Waals surface area contributed by atoms with E-state index in [4.69, 9.17) is 0 Å². The van der Waals surface area contributed by atoms with Crippen molar-refractivity contribution in [2.24, 2.45) is 0 Å². The fraction of sp³-hybridized carbons (Fsp3) is 0.696. The molecule has 0 spiro atoms. The minimum Gasteiger partial charge on any atom is -0.300 e. The van der Waals surface area contributed by atoms with E-state index in [2.05, 4.69) is 0 Å². The Hall–Kier alpha value is -1.91. The summed E-state index contributed by atoms with van der Waals surface area (Å²) in [6, 6.07) is 0. The van der Waals surface area contributed by atoms with Crippen LogP contribution in [0.2, 0.25) is 0 Å². The number of Topliss-reactive ketones (excluding diaryl/α,β-unsaturated/α-hetero) is 5. The molecule has 0 aliphatic carbocycles. The van der Waals surface area contributed by atoms with Gasteiger partial charge in [-0.15, -0.1) is 0 Å². The van der Waals surface area contributed by atoms with Gasteiger partial charge in [0.15, 0.2) is 0 Å². The van der Waals surface area contributed by atoms with E-state index in [0.717, 1.165) is 32.1 Å². The molecule has 0 aliphatic heterocycles. The standard InChI is InChI=1S/C23H36O5/c1-3-20(25)15-16-23(28)18-17-22(27)12-10-8-6-4-5-7-9-11-21(26)14-13-19(2)24/h7,9H,3-6,8,10-18H2,1-2H3. The van der Waals surface area contributed by atoms with E-state index in [1.807, 2.05) is 12.2 Å². The van der Waals surface area contributed by atoms with Crippen molar-refractivity contribution in [2.45, 2.75) is 104 Å². The Balaban J connectivity index is 3.55. The monoisotopic (exact) mass is 392 g/mol. The smallest absolute Gasteiger partial charge is 0.137 e. The summed E-state index contributed by atoms with van der Waals surface area (Å²) >= 11 is 0. The highest BCUT2D eigenvalue weighted by molar-refractivity contribution is 5.89. The molecule has 28 heavy (non-hydrogen) atoms. The number of unbranched alkanes of at least 4 members (excludes halogenated alkanes) is 4. The first-order valence-electron chi connectivity index (χ1n) is 10.6. The Kier molecular flexibility index (Phi) is 16.0. The van der Waals surface area contributed by atoms with Gasteiger partial charge in [0.2, 0.25) is 0 Å². The molecule has 0 rings (SSSR count). The van der Waals surface area contributed by atoms with E-state index in [1.165, 1.54) is 6.92 Å². The highest BCUT2D eigenvalue weighted by atomic mass is 16.1. The molecule has 0 unspecified atom stereocenters. The second-order valence-electron chi connectivity index (χ2n) is 7.34. The number of hydrogen-bond donors (Lipinski definition) is 0. The summed E-state index contributed by atoms with van der Waals surface area (Å²) in [5, 5.41) is 0. The Bertz CT molecular complexity index is 545. The molecule has 0 saturated carbocycles. The van der Waals surface area contributed by atoms with Crippen LogP contribution in [0.3, 0.4) is 0 Å². The zero-order valence-electron chi connectivity index (χ0n) is 17.6. The van der Waals surface area contributed by atoms with Crippen molar-refractivity contribution < 1.29 is 24.0 Å². The van der Waals surface area contributed by atoms with Gasteiger partial charge in [0, 0.05) is 57.8 Å². The van der Waals surface area contributed by atoms with Gasteiger partial charge in [0.1, 0.15) is 28.9 Å². The maximum Gasteiger partial charge on any atom is 0.137 e. The zero-order valence-corrected chi connectivity index (χ0v) is 17.6. The third kappa shape index (κ3) is 17.5. The van der Waals surface area contributed by atoms with Crippen molar-refractivity contribution in [1.29, 1.82) is 0 Å². The van der Waals surface area contributed by atoms with Gasteiger partial charge in [0.05, 0.1) is 0 Å². The first-order valence-corrected chi connectivity index (χ1v) is 10.6. The van der Waals surface area contributed by atoms with E-state index in [1.54, 1.807) is 6.92 Å². The summed E-state index contributed by atoms with van der Waals surface area (Å²) in [4.78, 5) is 56.9. The summed E-state index contributed by atoms with van der Waals surface area (Å²) in [6.07, 6.45) is 11.8. The van der Waals surface area contributed by atoms with Crippen LogP contribution in [0, 0.1) is 0 Å². The van der Waals surface area contributed by atoms with Gasteiger partial charge in [-0.3, -0.25) is 19.2 Å². The van der Waals surface area contributed by atoms with Gasteiger partial charge >= 0.3 is 0 Å². The summed E-state index contributed by atoms with van der Waals surface area (Å²) in [7, 11) is 0. The molecule has 0 heterocycles. The zero-order chi connectivity index (χ0) is 21.2. The molecule has 0 amide bonds. The molecule has 158 valence electrons. The number of rotatable bonds is 19. The van der Waals surface area contributed by atoms with Crippen LogP contribution in [0.25, 0.3) is 0 Å². The summed E-state index contributed by atoms with van der Waals surface area (Å²) in [5.41, 5.74) is 0. The first kappa shape index (κ1) is 26.1. The molecule has 0 aliphatic rings. The average molecular weight is 393 g/mol. The molecule has 0 bridgehead atoms. The lowest BCUT2D eigenvalue weighted by molar-refractivity contribution is -0.126. The van der Waals surface area contributed by atoms with Crippen molar-refractivity contribution in [3.05, 3.63) is 12.2 Å². The van der Waals surface area contributed by atoms with Crippen molar-refractivity contribution in [1.82, 2.24) is 0 Å². The molecular formula is C23H36O5. The molecule has 0 aromatic carbocycles. The quantitative estimate of drug-likeness (QED) is 0.231. The van der Waals surface area contributed by atoms with Crippen LogP contribution in [0.5, 0.6) is 0 Å². The van der Waals surface area contributed by atoms with E-state index >= 15 is 0 Å². The van der Waals surface area contributed by atoms with Gasteiger partial charge in [-0.25, -0.2) is 0 Å². The van der Waals surface area contributed by atoms with Gasteiger partial charge < -0.3 is 4.79 Å². The molecule has 5 nitrogen and oxygen atoms in total. The van der Waals surface area contributed by atoms with Crippen LogP contribution >= 0.6 is 0 Å². The molecule has 0 radical (unpaired) electrons. The van der Waals surface area contributed by atoms with Crippen LogP contribution in [0.1, 0.15) is 104 Å². The Morgan fingerprint density at radius 1 is 0.571 bits per heavy atom. The fourth-order valence-corrected chi connectivity index (χ4v) is 2.67. The molecule has 0 atom stereocenters. The molecular weight excluding hydrogens is 356 g/mol. The largest absolute Gasteiger partial charge is 0.300 e. The highest BCUT2D eigenvalue weighted by Crippen LogP contribution is 2.09. The second-order valence-corrected chi connectivity index (χ2v) is 7.34. The first-order chi connectivity index (χ1) is 13.3. The Morgan fingerprint density at radius 3 is 1.71 bits per heavy atom. The lowest BCUT2D eigenvalue weighted by Gasteiger charge is -2.02. The maximum absolute atomic E-state index is 11.8. The molecule has 0 aromatic rings. The predicted octanol–water partition coefficient (Wildman–Crippen LogP) is 4.89. The summed E-state index contributed by atoms with van der Waals surface area (Å²) in [6.45, 7) is 3.28. The van der Waals surface area contributed by atoms with Crippen molar-refractivity contribution in [3.8, 4) is 0 Å². The second kappa shape index (κ2) is 17.2. The topological polar surface area (TPSA) is 85.3 Å². The molecule has 0 fully saturated rings. The highest BCUT2D eigenvalue weighted by Gasteiger charge is 2.09. The van der Waals surface area contributed by atoms with Crippen molar-refractivity contribution >= 4 is 28.9 Å². The minimum atomic E-state index is 0.00159. The van der Waals surface area contributed by atoms with Crippen LogP contribution in [-0.2, 0) is 24.0 Å². The van der Waals surface area contributed by atoms with Gasteiger partial charge in [-0.05, 0) is 26.2 Å². The molecule has 0 aromatic heterocycles. The lowest BCUT2D eigenvalue weighted by Crippen LogP contribution is -2.06. The number of ketones is 5. The normalized spacial score (nSPS) is 10.9. The molecule has 0 N–H and O–H groups in total. The number of carbonyl (C=O) groups is 5. The lowest BCUT2D eigenvalue weighted by atomic mass is 10.0. The number of hydrogen-bond acceptors (Lipinski definition) is 5. The predicted molar refractivity (Wildman–Crippen MR) is 110 cm³/mol.